The molecule has 2 N–H and O–H groups in total. The average molecular weight is 317 g/mol. The van der Waals surface area contributed by atoms with E-state index in [-0.39, 0.29) is 12.3 Å². The van der Waals surface area contributed by atoms with Crippen LogP contribution in [-0.2, 0) is 16.0 Å². The maximum absolute atomic E-state index is 11.6. The number of rotatable bonds is 3. The lowest BCUT2D eigenvalue weighted by Crippen LogP contribution is -2.26. The molecule has 0 unspecified atom stereocenters. The third-order valence-corrected chi connectivity index (χ3v) is 4.66. The van der Waals surface area contributed by atoms with Crippen LogP contribution in [0.15, 0.2) is 34.5 Å². The topological polar surface area (TPSA) is 91.1 Å². The molecular formula is C15H15N3O3S. The molecule has 3 rings (SSSR count). The molecule has 0 radical (unpaired) electrons. The number of thioether (sulfide) groups is 1. The van der Waals surface area contributed by atoms with E-state index >= 15 is 0 Å². The number of aliphatic carboxylic acids is 1. The SMILES string of the molecule is O=C(O)C[C@H]1S/C(=N\N=C2\CCCc3ccccc32)NC1=O. The molecule has 1 heterocycles. The van der Waals surface area contributed by atoms with Gasteiger partial charge >= 0.3 is 5.97 Å². The summed E-state index contributed by atoms with van der Waals surface area (Å²) in [7, 11) is 0. The number of nitrogens with one attached hydrogen (secondary N) is 1. The lowest BCUT2D eigenvalue weighted by atomic mass is 9.90. The van der Waals surface area contributed by atoms with Crippen LogP contribution in [-0.4, -0.2) is 33.1 Å². The number of hydrogen-bond donors (Lipinski definition) is 2. The molecule has 114 valence electrons. The third-order valence-electron chi connectivity index (χ3n) is 3.59. The second-order valence-corrected chi connectivity index (χ2v) is 6.35. The summed E-state index contributed by atoms with van der Waals surface area (Å²) < 4.78 is 0. The molecule has 6 nitrogen and oxygen atoms in total. The van der Waals surface area contributed by atoms with Gasteiger partial charge in [0.2, 0.25) is 5.91 Å². The lowest BCUT2D eigenvalue weighted by molar-refractivity contribution is -0.138. The summed E-state index contributed by atoms with van der Waals surface area (Å²) in [6.07, 6.45) is 2.71. The number of fused-ring (bicyclic) bond motifs is 1. The predicted octanol–water partition coefficient (Wildman–Crippen LogP) is 1.79. The fourth-order valence-electron chi connectivity index (χ4n) is 2.56. The van der Waals surface area contributed by atoms with Crippen LogP contribution in [0.25, 0.3) is 0 Å². The summed E-state index contributed by atoms with van der Waals surface area (Å²) in [5.74, 6) is -1.32. The van der Waals surface area contributed by atoms with Crippen LogP contribution in [0, 0.1) is 0 Å². The minimum Gasteiger partial charge on any atom is -0.481 e. The van der Waals surface area contributed by atoms with Crippen molar-refractivity contribution in [3.05, 3.63) is 35.4 Å². The number of nitrogens with zero attached hydrogens (tertiary/aromatic N) is 2. The van der Waals surface area contributed by atoms with Crippen molar-refractivity contribution in [3.63, 3.8) is 0 Å². The Morgan fingerprint density at radius 2 is 2.14 bits per heavy atom. The molecular weight excluding hydrogens is 302 g/mol. The standard InChI is InChI=1S/C15H15N3O3S/c19-13(20)8-12-14(21)16-15(22-12)18-17-11-7-3-5-9-4-1-2-6-10(9)11/h1-2,4,6,12H,3,5,7-8H2,(H,19,20)(H,16,18,21)/b17-11-/t12-/m1/s1. The van der Waals surface area contributed by atoms with E-state index in [0.717, 1.165) is 42.3 Å². The van der Waals surface area contributed by atoms with E-state index in [9.17, 15) is 9.59 Å². The van der Waals surface area contributed by atoms with Gasteiger partial charge in [-0.15, -0.1) is 5.10 Å². The van der Waals surface area contributed by atoms with Gasteiger partial charge in [0.15, 0.2) is 5.17 Å². The molecule has 0 saturated carbocycles. The summed E-state index contributed by atoms with van der Waals surface area (Å²) in [6.45, 7) is 0. The van der Waals surface area contributed by atoms with Crippen LogP contribution in [0.1, 0.15) is 30.4 Å². The second-order valence-electron chi connectivity index (χ2n) is 5.16. The molecule has 1 amide bonds. The predicted molar refractivity (Wildman–Crippen MR) is 85.1 cm³/mol. The molecule has 22 heavy (non-hydrogen) atoms. The van der Waals surface area contributed by atoms with E-state index in [1.54, 1.807) is 0 Å². The maximum atomic E-state index is 11.6. The molecule has 1 fully saturated rings. The smallest absolute Gasteiger partial charge is 0.305 e. The lowest BCUT2D eigenvalue weighted by Gasteiger charge is -2.16. The second kappa shape index (κ2) is 6.31. The first-order valence-electron chi connectivity index (χ1n) is 7.05. The zero-order chi connectivity index (χ0) is 15.5. The van der Waals surface area contributed by atoms with Crippen LogP contribution in [0.4, 0.5) is 0 Å². The van der Waals surface area contributed by atoms with Crippen molar-refractivity contribution in [3.8, 4) is 0 Å². The van der Waals surface area contributed by atoms with Gasteiger partial charge in [-0.3, -0.25) is 9.59 Å². The van der Waals surface area contributed by atoms with E-state index in [4.69, 9.17) is 5.11 Å². The van der Waals surface area contributed by atoms with Crippen LogP contribution < -0.4 is 5.32 Å². The number of carbonyl (C=O) groups excluding carboxylic acids is 1. The fraction of sp³-hybridized carbons (Fsp3) is 0.333. The van der Waals surface area contributed by atoms with E-state index in [1.807, 2.05) is 18.2 Å². The number of carboxylic acids is 1. The van der Waals surface area contributed by atoms with Crippen molar-refractivity contribution in [1.29, 1.82) is 0 Å². The number of carboxylic acid groups (broad SMARTS) is 1. The summed E-state index contributed by atoms with van der Waals surface area (Å²) in [6, 6.07) is 8.10. The molecule has 0 aromatic heterocycles. The van der Waals surface area contributed by atoms with Gasteiger partial charge in [-0.1, -0.05) is 36.0 Å². The Kier molecular flexibility index (Phi) is 4.24. The first-order chi connectivity index (χ1) is 10.6. The number of carbonyl (C=O) groups is 2. The van der Waals surface area contributed by atoms with E-state index < -0.39 is 11.2 Å². The Hall–Kier alpha value is -2.15. The Balaban J connectivity index is 1.77. The van der Waals surface area contributed by atoms with Gasteiger partial charge in [-0.05, 0) is 24.8 Å². The monoisotopic (exact) mass is 317 g/mol. The van der Waals surface area contributed by atoms with Crippen molar-refractivity contribution in [2.75, 3.05) is 0 Å². The maximum Gasteiger partial charge on any atom is 0.305 e. The fourth-order valence-corrected chi connectivity index (χ4v) is 3.46. The largest absolute Gasteiger partial charge is 0.481 e. The summed E-state index contributed by atoms with van der Waals surface area (Å²) >= 11 is 1.12. The van der Waals surface area contributed by atoms with Gasteiger partial charge in [0, 0.05) is 5.56 Å². The Morgan fingerprint density at radius 1 is 1.32 bits per heavy atom. The number of hydrogen-bond acceptors (Lipinski definition) is 5. The number of benzene rings is 1. The quantitative estimate of drug-likeness (QED) is 0.832. The highest BCUT2D eigenvalue weighted by molar-refractivity contribution is 8.15. The van der Waals surface area contributed by atoms with Gasteiger partial charge in [0.05, 0.1) is 12.1 Å². The minimum absolute atomic E-state index is 0.213. The molecule has 1 aliphatic heterocycles. The highest BCUT2D eigenvalue weighted by Crippen LogP contribution is 2.24. The highest BCUT2D eigenvalue weighted by Gasteiger charge is 2.32. The Labute approximate surface area is 131 Å². The molecule has 1 atom stereocenters. The number of amides is 1. The van der Waals surface area contributed by atoms with Crippen molar-refractivity contribution in [2.45, 2.75) is 30.9 Å². The highest BCUT2D eigenvalue weighted by atomic mass is 32.2. The van der Waals surface area contributed by atoms with Gasteiger partial charge < -0.3 is 10.4 Å². The minimum atomic E-state index is -0.999. The van der Waals surface area contributed by atoms with Crippen molar-refractivity contribution < 1.29 is 14.7 Å². The zero-order valence-corrected chi connectivity index (χ0v) is 12.6. The summed E-state index contributed by atoms with van der Waals surface area (Å²) in [5, 5.41) is 19.4. The molecule has 0 spiro atoms. The van der Waals surface area contributed by atoms with Gasteiger partial charge in [-0.2, -0.15) is 5.10 Å². The van der Waals surface area contributed by atoms with E-state index in [1.165, 1.54) is 5.56 Å². The molecule has 0 bridgehead atoms. The number of aryl methyl sites for hydroxylation is 1. The molecule has 1 saturated heterocycles. The van der Waals surface area contributed by atoms with Crippen LogP contribution in [0.3, 0.4) is 0 Å². The van der Waals surface area contributed by atoms with Crippen LogP contribution in [0.2, 0.25) is 0 Å². The van der Waals surface area contributed by atoms with Crippen molar-refractivity contribution in [2.24, 2.45) is 10.2 Å². The number of amidine groups is 1. The van der Waals surface area contributed by atoms with Crippen LogP contribution in [0.5, 0.6) is 0 Å². The Bertz CT molecular complexity index is 684. The van der Waals surface area contributed by atoms with E-state index in [2.05, 4.69) is 21.6 Å². The molecule has 7 heteroatoms. The normalized spacial score (nSPS) is 24.4. The first-order valence-corrected chi connectivity index (χ1v) is 7.93. The van der Waals surface area contributed by atoms with Crippen molar-refractivity contribution >= 4 is 34.5 Å². The zero-order valence-electron chi connectivity index (χ0n) is 11.8. The molecule has 2 aliphatic rings. The van der Waals surface area contributed by atoms with Gasteiger partial charge in [0.1, 0.15) is 5.25 Å². The Morgan fingerprint density at radius 3 is 2.95 bits per heavy atom. The van der Waals surface area contributed by atoms with E-state index in [0.29, 0.717) is 5.17 Å². The summed E-state index contributed by atoms with van der Waals surface area (Å²) in [4.78, 5) is 22.3. The summed E-state index contributed by atoms with van der Waals surface area (Å²) in [5.41, 5.74) is 3.28. The van der Waals surface area contributed by atoms with Crippen LogP contribution >= 0.6 is 11.8 Å². The van der Waals surface area contributed by atoms with Crippen molar-refractivity contribution in [1.82, 2.24) is 5.32 Å². The third kappa shape index (κ3) is 3.19. The van der Waals surface area contributed by atoms with Gasteiger partial charge in [0.25, 0.3) is 0 Å². The molecule has 1 aromatic carbocycles. The first kappa shape index (κ1) is 14.8. The molecule has 1 aliphatic carbocycles. The molecule has 1 aromatic rings. The average Bonchev–Trinajstić information content (AvgIpc) is 2.84. The van der Waals surface area contributed by atoms with Gasteiger partial charge in [-0.25, -0.2) is 0 Å².